The van der Waals surface area contributed by atoms with Crippen molar-refractivity contribution in [3.63, 3.8) is 0 Å². The van der Waals surface area contributed by atoms with E-state index in [1.807, 2.05) is 0 Å². The first-order chi connectivity index (χ1) is 6.31. The molecule has 1 aromatic heterocycles. The topological polar surface area (TPSA) is 32.6 Å². The van der Waals surface area contributed by atoms with Gasteiger partial charge in [0.15, 0.2) is 0 Å². The van der Waals surface area contributed by atoms with Gasteiger partial charge >= 0.3 is 0 Å². The number of hydrogen-bond acceptors (Lipinski definition) is 3. The molecule has 4 heteroatoms. The van der Waals surface area contributed by atoms with Crippen LogP contribution in [0.25, 0.3) is 10.1 Å². The number of fused-ring (bicyclic) bond motifs is 1. The first-order valence-corrected chi connectivity index (χ1v) is 4.53. The molecule has 0 bridgehead atoms. The molecule has 1 aromatic carbocycles. The normalized spacial score (nSPS) is 11.5. The Morgan fingerprint density at radius 3 is 3.08 bits per heavy atom. The van der Waals surface area contributed by atoms with E-state index >= 15 is 0 Å². The molecule has 2 aromatic rings. The van der Waals surface area contributed by atoms with Crippen molar-refractivity contribution in [2.24, 2.45) is 5.16 Å². The predicted octanol–water partition coefficient (Wildman–Crippen LogP) is 2.85. The highest BCUT2D eigenvalue weighted by atomic mass is 32.1. The lowest BCUT2D eigenvalue weighted by Crippen LogP contribution is -1.79. The third-order valence-corrected chi connectivity index (χ3v) is 2.68. The highest BCUT2D eigenvalue weighted by molar-refractivity contribution is 7.17. The van der Waals surface area contributed by atoms with Gasteiger partial charge in [-0.3, -0.25) is 0 Å². The summed E-state index contributed by atoms with van der Waals surface area (Å²) in [5.41, 5.74) is 0.761. The van der Waals surface area contributed by atoms with Crippen LogP contribution in [0.15, 0.2) is 28.7 Å². The first-order valence-electron chi connectivity index (χ1n) is 3.65. The molecule has 0 spiro atoms. The van der Waals surface area contributed by atoms with Gasteiger partial charge in [-0.05, 0) is 17.7 Å². The summed E-state index contributed by atoms with van der Waals surface area (Å²) in [5, 5.41) is 13.3. The maximum absolute atomic E-state index is 13.0. The summed E-state index contributed by atoms with van der Waals surface area (Å²) < 4.78 is 13.8. The summed E-state index contributed by atoms with van der Waals surface area (Å²) in [4.78, 5) is 0. The molecule has 0 atom stereocenters. The molecule has 0 aliphatic carbocycles. The molecular formula is C9H6FNOS. The van der Waals surface area contributed by atoms with E-state index in [1.165, 1.54) is 22.9 Å². The third kappa shape index (κ3) is 1.40. The Kier molecular flexibility index (Phi) is 1.98. The number of nitrogens with zero attached hydrogens (tertiary/aromatic N) is 1. The van der Waals surface area contributed by atoms with Crippen LogP contribution in [-0.2, 0) is 0 Å². The van der Waals surface area contributed by atoms with Crippen molar-refractivity contribution in [3.05, 3.63) is 35.0 Å². The summed E-state index contributed by atoms with van der Waals surface area (Å²) in [5.74, 6) is -0.201. The lowest BCUT2D eigenvalue weighted by Gasteiger charge is -1.91. The molecule has 0 fully saturated rings. The van der Waals surface area contributed by atoms with Crippen molar-refractivity contribution in [1.29, 1.82) is 0 Å². The van der Waals surface area contributed by atoms with Crippen molar-refractivity contribution >= 4 is 27.6 Å². The standard InChI is InChI=1S/C9H6FNOS/c10-8-5-13-9-3-6(4-11-12)1-2-7(8)9/h1-5,12H. The quantitative estimate of drug-likeness (QED) is 0.423. The number of oxime groups is 1. The Balaban J connectivity index is 2.63. The van der Waals surface area contributed by atoms with E-state index in [2.05, 4.69) is 5.16 Å². The van der Waals surface area contributed by atoms with Crippen LogP contribution in [0.3, 0.4) is 0 Å². The van der Waals surface area contributed by atoms with Crippen molar-refractivity contribution in [2.75, 3.05) is 0 Å². The van der Waals surface area contributed by atoms with Gasteiger partial charge in [0.05, 0.1) is 6.21 Å². The van der Waals surface area contributed by atoms with Gasteiger partial charge in [-0.15, -0.1) is 11.3 Å². The fourth-order valence-corrected chi connectivity index (χ4v) is 2.01. The van der Waals surface area contributed by atoms with Crippen LogP contribution in [0.4, 0.5) is 4.39 Å². The number of rotatable bonds is 1. The Labute approximate surface area is 77.9 Å². The molecule has 0 unspecified atom stereocenters. The fraction of sp³-hybridized carbons (Fsp3) is 0. The second-order valence-corrected chi connectivity index (χ2v) is 3.50. The average molecular weight is 195 g/mol. The van der Waals surface area contributed by atoms with Crippen molar-refractivity contribution < 1.29 is 9.60 Å². The molecule has 0 amide bonds. The smallest absolute Gasteiger partial charge is 0.141 e. The van der Waals surface area contributed by atoms with Crippen LogP contribution in [0.5, 0.6) is 0 Å². The van der Waals surface area contributed by atoms with E-state index in [4.69, 9.17) is 5.21 Å². The lowest BCUT2D eigenvalue weighted by molar-refractivity contribution is 0.322. The molecule has 0 saturated heterocycles. The third-order valence-electron chi connectivity index (χ3n) is 1.76. The maximum Gasteiger partial charge on any atom is 0.141 e. The number of hydrogen-bond donors (Lipinski definition) is 1. The molecule has 0 aliphatic rings. The largest absolute Gasteiger partial charge is 0.411 e. The maximum atomic E-state index is 13.0. The Hall–Kier alpha value is -1.42. The van der Waals surface area contributed by atoms with Gasteiger partial charge in [-0.2, -0.15) is 0 Å². The average Bonchev–Trinajstić information content (AvgIpc) is 2.48. The molecule has 1 N–H and O–H groups in total. The van der Waals surface area contributed by atoms with Crippen LogP contribution in [0.1, 0.15) is 5.56 Å². The van der Waals surface area contributed by atoms with Crippen molar-refractivity contribution in [3.8, 4) is 0 Å². The second kappa shape index (κ2) is 3.14. The molecule has 0 saturated carbocycles. The molecular weight excluding hydrogens is 189 g/mol. The van der Waals surface area contributed by atoms with Crippen molar-refractivity contribution in [1.82, 2.24) is 0 Å². The minimum atomic E-state index is -0.201. The number of halogens is 1. The van der Waals surface area contributed by atoms with Gasteiger partial charge in [0.1, 0.15) is 5.82 Å². The monoisotopic (exact) mass is 195 g/mol. The molecule has 0 aliphatic heterocycles. The zero-order valence-electron chi connectivity index (χ0n) is 6.57. The minimum absolute atomic E-state index is 0.201. The minimum Gasteiger partial charge on any atom is -0.411 e. The van der Waals surface area contributed by atoms with Crippen LogP contribution in [-0.4, -0.2) is 11.4 Å². The molecule has 0 radical (unpaired) electrons. The molecule has 13 heavy (non-hydrogen) atoms. The van der Waals surface area contributed by atoms with Crippen LogP contribution in [0, 0.1) is 5.82 Å². The summed E-state index contributed by atoms with van der Waals surface area (Å²) in [6.45, 7) is 0. The molecule has 2 nitrogen and oxygen atoms in total. The van der Waals surface area contributed by atoms with E-state index in [0.29, 0.717) is 5.39 Å². The van der Waals surface area contributed by atoms with Gasteiger partial charge < -0.3 is 5.21 Å². The van der Waals surface area contributed by atoms with E-state index < -0.39 is 0 Å². The van der Waals surface area contributed by atoms with Gasteiger partial charge in [-0.1, -0.05) is 11.2 Å². The van der Waals surface area contributed by atoms with Gasteiger partial charge in [-0.25, -0.2) is 4.39 Å². The Bertz CT molecular complexity index is 464. The van der Waals surface area contributed by atoms with Crippen LogP contribution in [0.2, 0.25) is 0 Å². The van der Waals surface area contributed by atoms with Crippen molar-refractivity contribution in [2.45, 2.75) is 0 Å². The molecule has 2 rings (SSSR count). The van der Waals surface area contributed by atoms with Crippen LogP contribution < -0.4 is 0 Å². The van der Waals surface area contributed by atoms with E-state index in [-0.39, 0.29) is 5.82 Å². The Morgan fingerprint density at radius 2 is 2.31 bits per heavy atom. The zero-order chi connectivity index (χ0) is 9.26. The Morgan fingerprint density at radius 1 is 1.46 bits per heavy atom. The first kappa shape index (κ1) is 8.19. The van der Waals surface area contributed by atoms with E-state index in [9.17, 15) is 4.39 Å². The number of thiophene rings is 1. The lowest BCUT2D eigenvalue weighted by atomic mass is 10.2. The fourth-order valence-electron chi connectivity index (χ4n) is 1.16. The van der Waals surface area contributed by atoms with Crippen LogP contribution >= 0.6 is 11.3 Å². The zero-order valence-corrected chi connectivity index (χ0v) is 7.38. The van der Waals surface area contributed by atoms with Gasteiger partial charge in [0, 0.05) is 15.5 Å². The SMILES string of the molecule is ON=Cc1ccc2c(F)csc2c1. The summed E-state index contributed by atoms with van der Waals surface area (Å²) in [6, 6.07) is 5.17. The molecule has 1 heterocycles. The highest BCUT2D eigenvalue weighted by Gasteiger charge is 2.02. The number of benzene rings is 1. The summed E-state index contributed by atoms with van der Waals surface area (Å²) in [6.07, 6.45) is 1.32. The highest BCUT2D eigenvalue weighted by Crippen LogP contribution is 2.24. The van der Waals surface area contributed by atoms with Gasteiger partial charge in [0.25, 0.3) is 0 Å². The second-order valence-electron chi connectivity index (χ2n) is 2.58. The summed E-state index contributed by atoms with van der Waals surface area (Å²) in [7, 11) is 0. The summed E-state index contributed by atoms with van der Waals surface area (Å²) >= 11 is 1.34. The van der Waals surface area contributed by atoms with Gasteiger partial charge in [0.2, 0.25) is 0 Å². The van der Waals surface area contributed by atoms with E-state index in [1.54, 1.807) is 18.2 Å². The predicted molar refractivity (Wildman–Crippen MR) is 51.2 cm³/mol. The van der Waals surface area contributed by atoms with E-state index in [0.717, 1.165) is 10.3 Å². The molecule has 66 valence electrons.